The van der Waals surface area contributed by atoms with E-state index in [1.165, 1.54) is 0 Å². The van der Waals surface area contributed by atoms with Gasteiger partial charge in [-0.15, -0.1) is 11.6 Å². The first kappa shape index (κ1) is 14.5. The third-order valence-electron chi connectivity index (χ3n) is 3.23. The quantitative estimate of drug-likeness (QED) is 0.877. The van der Waals surface area contributed by atoms with E-state index >= 15 is 0 Å². The van der Waals surface area contributed by atoms with Crippen LogP contribution in [0.2, 0.25) is 0 Å². The molecular formula is C16H17ClN2O. The summed E-state index contributed by atoms with van der Waals surface area (Å²) >= 11 is 6.08. The van der Waals surface area contributed by atoms with E-state index in [0.717, 1.165) is 11.3 Å². The SMILES string of the molecule is Cc1cc(C(=O)NC(C)(CCl)c2ccccc2)ccn1. The van der Waals surface area contributed by atoms with Gasteiger partial charge in [0.15, 0.2) is 0 Å². The van der Waals surface area contributed by atoms with Crippen molar-refractivity contribution in [3.05, 3.63) is 65.5 Å². The Labute approximate surface area is 124 Å². The smallest absolute Gasteiger partial charge is 0.252 e. The molecule has 0 saturated carbocycles. The van der Waals surface area contributed by atoms with Crippen LogP contribution in [-0.4, -0.2) is 16.8 Å². The molecule has 0 saturated heterocycles. The van der Waals surface area contributed by atoms with E-state index < -0.39 is 5.54 Å². The van der Waals surface area contributed by atoms with E-state index in [9.17, 15) is 4.79 Å². The molecule has 1 atom stereocenters. The minimum atomic E-state index is -0.600. The maximum absolute atomic E-state index is 12.3. The molecule has 1 aromatic carbocycles. The fraction of sp³-hybridized carbons (Fsp3) is 0.250. The fourth-order valence-corrected chi connectivity index (χ4v) is 2.22. The van der Waals surface area contributed by atoms with Crippen molar-refractivity contribution in [2.45, 2.75) is 19.4 Å². The van der Waals surface area contributed by atoms with Gasteiger partial charge < -0.3 is 5.32 Å². The van der Waals surface area contributed by atoms with Crippen LogP contribution in [0.4, 0.5) is 0 Å². The van der Waals surface area contributed by atoms with Crippen LogP contribution in [0.5, 0.6) is 0 Å². The van der Waals surface area contributed by atoms with Gasteiger partial charge in [0, 0.05) is 23.3 Å². The van der Waals surface area contributed by atoms with Gasteiger partial charge in [-0.05, 0) is 31.5 Å². The summed E-state index contributed by atoms with van der Waals surface area (Å²) in [5, 5.41) is 3.00. The van der Waals surface area contributed by atoms with Crippen molar-refractivity contribution in [3.8, 4) is 0 Å². The zero-order valence-electron chi connectivity index (χ0n) is 11.6. The first-order valence-corrected chi connectivity index (χ1v) is 6.95. The average Bonchev–Trinajstić information content (AvgIpc) is 2.48. The lowest BCUT2D eigenvalue weighted by Gasteiger charge is -2.29. The molecule has 20 heavy (non-hydrogen) atoms. The Morgan fingerprint density at radius 3 is 2.60 bits per heavy atom. The molecule has 0 radical (unpaired) electrons. The highest BCUT2D eigenvalue weighted by molar-refractivity contribution is 6.19. The van der Waals surface area contributed by atoms with Crippen molar-refractivity contribution in [1.82, 2.24) is 10.3 Å². The molecule has 0 spiro atoms. The van der Waals surface area contributed by atoms with Crippen LogP contribution in [0.3, 0.4) is 0 Å². The van der Waals surface area contributed by atoms with Gasteiger partial charge in [0.1, 0.15) is 0 Å². The molecule has 2 aromatic rings. The molecule has 1 amide bonds. The normalized spacial score (nSPS) is 13.6. The van der Waals surface area contributed by atoms with Gasteiger partial charge in [-0.2, -0.15) is 0 Å². The molecule has 3 nitrogen and oxygen atoms in total. The minimum absolute atomic E-state index is 0.150. The van der Waals surface area contributed by atoms with Gasteiger partial charge in [-0.3, -0.25) is 9.78 Å². The lowest BCUT2D eigenvalue weighted by Crippen LogP contribution is -2.45. The second-order valence-corrected chi connectivity index (χ2v) is 5.24. The van der Waals surface area contributed by atoms with E-state index in [0.29, 0.717) is 11.4 Å². The summed E-state index contributed by atoms with van der Waals surface area (Å²) < 4.78 is 0. The van der Waals surface area contributed by atoms with Crippen LogP contribution in [-0.2, 0) is 5.54 Å². The number of carbonyl (C=O) groups is 1. The summed E-state index contributed by atoms with van der Waals surface area (Å²) in [6.45, 7) is 3.77. The Kier molecular flexibility index (Phi) is 4.40. The number of aromatic nitrogens is 1. The lowest BCUT2D eigenvalue weighted by atomic mass is 9.93. The van der Waals surface area contributed by atoms with Gasteiger partial charge in [0.05, 0.1) is 5.54 Å². The van der Waals surface area contributed by atoms with Crippen LogP contribution in [0, 0.1) is 6.92 Å². The van der Waals surface area contributed by atoms with Crippen molar-refractivity contribution in [1.29, 1.82) is 0 Å². The lowest BCUT2D eigenvalue weighted by molar-refractivity contribution is 0.0913. The standard InChI is InChI=1S/C16H17ClN2O/c1-12-10-13(8-9-18-12)15(20)19-16(2,11-17)14-6-4-3-5-7-14/h3-10H,11H2,1-2H3,(H,19,20). The largest absolute Gasteiger partial charge is 0.342 e. The summed E-state index contributed by atoms with van der Waals surface area (Å²) in [5.41, 5.74) is 1.78. The molecule has 4 heteroatoms. The maximum Gasteiger partial charge on any atom is 0.252 e. The van der Waals surface area contributed by atoms with Crippen molar-refractivity contribution in [2.24, 2.45) is 0 Å². The molecule has 2 rings (SSSR count). The van der Waals surface area contributed by atoms with Gasteiger partial charge in [0.25, 0.3) is 5.91 Å². The molecule has 0 fully saturated rings. The van der Waals surface area contributed by atoms with Crippen molar-refractivity contribution in [3.63, 3.8) is 0 Å². The second kappa shape index (κ2) is 6.06. The summed E-state index contributed by atoms with van der Waals surface area (Å²) in [4.78, 5) is 16.4. The number of nitrogens with zero attached hydrogens (tertiary/aromatic N) is 1. The summed E-state index contributed by atoms with van der Waals surface area (Å²) in [6, 6.07) is 13.2. The number of pyridine rings is 1. The van der Waals surface area contributed by atoms with E-state index in [2.05, 4.69) is 10.3 Å². The van der Waals surface area contributed by atoms with E-state index in [1.807, 2.05) is 44.2 Å². The Bertz CT molecular complexity index is 600. The van der Waals surface area contributed by atoms with Crippen LogP contribution in [0.25, 0.3) is 0 Å². The minimum Gasteiger partial charge on any atom is -0.342 e. The number of halogens is 1. The zero-order valence-corrected chi connectivity index (χ0v) is 12.3. The molecule has 0 aliphatic rings. The molecule has 1 N–H and O–H groups in total. The first-order chi connectivity index (χ1) is 9.55. The Hall–Kier alpha value is -1.87. The summed E-state index contributed by atoms with van der Waals surface area (Å²) in [6.07, 6.45) is 1.63. The molecular weight excluding hydrogens is 272 g/mol. The molecule has 1 unspecified atom stereocenters. The van der Waals surface area contributed by atoms with E-state index in [1.54, 1.807) is 18.3 Å². The second-order valence-electron chi connectivity index (χ2n) is 4.97. The number of nitrogens with one attached hydrogen (secondary N) is 1. The van der Waals surface area contributed by atoms with Crippen LogP contribution in [0.15, 0.2) is 48.7 Å². The predicted octanol–water partition coefficient (Wildman–Crippen LogP) is 3.27. The van der Waals surface area contributed by atoms with Gasteiger partial charge >= 0.3 is 0 Å². The zero-order chi connectivity index (χ0) is 14.6. The highest BCUT2D eigenvalue weighted by atomic mass is 35.5. The topological polar surface area (TPSA) is 42.0 Å². The Balaban J connectivity index is 2.24. The third kappa shape index (κ3) is 3.17. The molecule has 0 aliphatic carbocycles. The van der Waals surface area contributed by atoms with Crippen LogP contribution < -0.4 is 5.32 Å². The number of hydrogen-bond acceptors (Lipinski definition) is 2. The van der Waals surface area contributed by atoms with Gasteiger partial charge in [0.2, 0.25) is 0 Å². The van der Waals surface area contributed by atoms with Crippen molar-refractivity contribution >= 4 is 17.5 Å². The van der Waals surface area contributed by atoms with Gasteiger partial charge in [-0.1, -0.05) is 30.3 Å². The monoisotopic (exact) mass is 288 g/mol. The number of aryl methyl sites for hydroxylation is 1. The molecule has 104 valence electrons. The third-order valence-corrected chi connectivity index (χ3v) is 3.76. The Morgan fingerprint density at radius 2 is 2.00 bits per heavy atom. The summed E-state index contributed by atoms with van der Waals surface area (Å²) in [7, 11) is 0. The molecule has 0 bridgehead atoms. The predicted molar refractivity (Wildman–Crippen MR) is 81.0 cm³/mol. The Morgan fingerprint density at radius 1 is 1.30 bits per heavy atom. The fourth-order valence-electron chi connectivity index (χ4n) is 2.00. The number of carbonyl (C=O) groups excluding carboxylic acids is 1. The van der Waals surface area contributed by atoms with Crippen molar-refractivity contribution in [2.75, 3.05) is 5.88 Å². The van der Waals surface area contributed by atoms with E-state index in [4.69, 9.17) is 11.6 Å². The molecule has 1 aromatic heterocycles. The van der Waals surface area contributed by atoms with Gasteiger partial charge in [-0.25, -0.2) is 0 Å². The van der Waals surface area contributed by atoms with E-state index in [-0.39, 0.29) is 5.91 Å². The number of alkyl halides is 1. The highest BCUT2D eigenvalue weighted by Gasteiger charge is 2.27. The number of benzene rings is 1. The maximum atomic E-state index is 12.3. The van der Waals surface area contributed by atoms with Crippen LogP contribution >= 0.6 is 11.6 Å². The molecule has 1 heterocycles. The highest BCUT2D eigenvalue weighted by Crippen LogP contribution is 2.22. The summed E-state index contributed by atoms with van der Waals surface area (Å²) in [5.74, 6) is 0.148. The molecule has 0 aliphatic heterocycles. The number of hydrogen-bond donors (Lipinski definition) is 1. The number of rotatable bonds is 4. The van der Waals surface area contributed by atoms with Crippen molar-refractivity contribution < 1.29 is 4.79 Å². The number of amides is 1. The van der Waals surface area contributed by atoms with Crippen LogP contribution in [0.1, 0.15) is 28.5 Å². The first-order valence-electron chi connectivity index (χ1n) is 6.42. The average molecular weight is 289 g/mol.